The largest absolute Gasteiger partial charge is 0.508 e. The van der Waals surface area contributed by atoms with E-state index in [4.69, 9.17) is 0 Å². The molecule has 0 unspecified atom stereocenters. The van der Waals surface area contributed by atoms with Crippen LogP contribution in [0.4, 0.5) is 0 Å². The van der Waals surface area contributed by atoms with Crippen LogP contribution in [0, 0.1) is 13.8 Å². The summed E-state index contributed by atoms with van der Waals surface area (Å²) in [6.07, 6.45) is 7.01. The molecule has 3 aromatic carbocycles. The van der Waals surface area contributed by atoms with Gasteiger partial charge in [0.1, 0.15) is 11.5 Å². The Balaban J connectivity index is 2.41. The maximum atomic E-state index is 9.88. The molecule has 0 aliphatic rings. The molecule has 0 fully saturated rings. The summed E-state index contributed by atoms with van der Waals surface area (Å²) in [6, 6.07) is 24.0. The summed E-state index contributed by atoms with van der Waals surface area (Å²) in [5.41, 5.74) is 5.03. The first-order valence-corrected chi connectivity index (χ1v) is 9.61. The van der Waals surface area contributed by atoms with Gasteiger partial charge in [-0.25, -0.2) is 0 Å². The molecule has 3 aromatic rings. The summed E-state index contributed by atoms with van der Waals surface area (Å²) in [7, 11) is 0. The minimum Gasteiger partial charge on any atom is -0.508 e. The zero-order valence-corrected chi connectivity index (χ0v) is 16.8. The number of aryl methyl sites for hydroxylation is 2. The van der Waals surface area contributed by atoms with Gasteiger partial charge in [0, 0.05) is 0 Å². The fourth-order valence-corrected chi connectivity index (χ4v) is 3.85. The third-order valence-corrected chi connectivity index (χ3v) is 5.28. The fraction of sp³-hybridized carbons (Fsp3) is 0.111. The summed E-state index contributed by atoms with van der Waals surface area (Å²) < 4.78 is 0. The molecule has 0 bridgehead atoms. The third-order valence-electron chi connectivity index (χ3n) is 5.28. The Morgan fingerprint density at radius 3 is 1.83 bits per heavy atom. The van der Waals surface area contributed by atoms with Crippen LogP contribution >= 0.6 is 0 Å². The monoisotopic (exact) mass is 382 g/mol. The molecule has 2 heteroatoms. The van der Waals surface area contributed by atoms with Crippen molar-refractivity contribution in [2.24, 2.45) is 0 Å². The molecule has 0 aliphatic heterocycles. The predicted molar refractivity (Wildman–Crippen MR) is 120 cm³/mol. The lowest BCUT2D eigenvalue weighted by Crippen LogP contribution is -2.29. The number of phenolic OH excluding ortho intramolecular Hbond substituents is 1. The van der Waals surface area contributed by atoms with Gasteiger partial charge in [-0.15, -0.1) is 0 Å². The lowest BCUT2D eigenvalue weighted by molar-refractivity contribution is 0.433. The van der Waals surface area contributed by atoms with Gasteiger partial charge >= 0.3 is 0 Å². The van der Waals surface area contributed by atoms with Gasteiger partial charge in [-0.05, 0) is 65.9 Å². The predicted octanol–water partition coefficient (Wildman–Crippen LogP) is 6.53. The average molecular weight is 383 g/mol. The first-order valence-electron chi connectivity index (χ1n) is 9.61. The zero-order chi connectivity index (χ0) is 20.9. The number of hydrogen-bond acceptors (Lipinski definition) is 2. The summed E-state index contributed by atoms with van der Waals surface area (Å²) >= 11 is 0. The number of phenols is 1. The van der Waals surface area contributed by atoms with E-state index < -0.39 is 5.41 Å². The van der Waals surface area contributed by atoms with Crippen molar-refractivity contribution in [2.45, 2.75) is 19.3 Å². The standard InChI is InChI=1S/C27H26O2/c1-4-23(28)12-9-19-27(22-15-17-24(29)18-16-22,25-13-7-5-10-20(25)2)26-14-8-6-11-21(26)3/h4-19,28-29H,1H2,2-3H3/b19-9+,23-12+. The van der Waals surface area contributed by atoms with Crippen LogP contribution in [0.25, 0.3) is 0 Å². The highest BCUT2D eigenvalue weighted by molar-refractivity contribution is 5.59. The fourth-order valence-electron chi connectivity index (χ4n) is 3.85. The highest BCUT2D eigenvalue weighted by Gasteiger charge is 2.35. The summed E-state index contributed by atoms with van der Waals surface area (Å²) in [6.45, 7) is 7.82. The summed E-state index contributed by atoms with van der Waals surface area (Å²) in [4.78, 5) is 0. The first kappa shape index (κ1) is 20.2. The minimum atomic E-state index is -0.595. The van der Waals surface area contributed by atoms with Crippen molar-refractivity contribution in [2.75, 3.05) is 0 Å². The van der Waals surface area contributed by atoms with Crippen LogP contribution in [-0.2, 0) is 5.41 Å². The van der Waals surface area contributed by atoms with Crippen molar-refractivity contribution in [3.8, 4) is 5.75 Å². The average Bonchev–Trinajstić information content (AvgIpc) is 2.73. The SMILES string of the molecule is C=C/C(O)=C\C=C\C(c1ccc(O)cc1)(c1ccccc1C)c1ccccc1C. The molecule has 0 saturated carbocycles. The molecule has 2 N–H and O–H groups in total. The number of aliphatic hydroxyl groups excluding tert-OH is 1. The van der Waals surface area contributed by atoms with Gasteiger partial charge in [0.05, 0.1) is 5.41 Å². The highest BCUT2D eigenvalue weighted by Crippen LogP contribution is 2.43. The van der Waals surface area contributed by atoms with E-state index in [1.807, 2.05) is 42.5 Å². The molecule has 0 atom stereocenters. The number of allylic oxidation sites excluding steroid dienone is 4. The maximum Gasteiger partial charge on any atom is 0.115 e. The Kier molecular flexibility index (Phi) is 6.04. The van der Waals surface area contributed by atoms with E-state index in [9.17, 15) is 10.2 Å². The van der Waals surface area contributed by atoms with E-state index in [0.29, 0.717) is 0 Å². The second-order valence-corrected chi connectivity index (χ2v) is 7.14. The van der Waals surface area contributed by atoms with Gasteiger partial charge in [-0.2, -0.15) is 0 Å². The van der Waals surface area contributed by atoms with Gasteiger partial charge in [0.15, 0.2) is 0 Å². The van der Waals surface area contributed by atoms with Crippen molar-refractivity contribution in [1.82, 2.24) is 0 Å². The zero-order valence-electron chi connectivity index (χ0n) is 16.8. The van der Waals surface area contributed by atoms with Crippen molar-refractivity contribution in [1.29, 1.82) is 0 Å². The van der Waals surface area contributed by atoms with Crippen molar-refractivity contribution < 1.29 is 10.2 Å². The number of hydrogen-bond donors (Lipinski definition) is 2. The normalized spacial score (nSPS) is 12.3. The summed E-state index contributed by atoms with van der Waals surface area (Å²) in [5, 5.41) is 19.8. The van der Waals surface area contributed by atoms with E-state index in [-0.39, 0.29) is 11.5 Å². The molecule has 0 amide bonds. The molecular weight excluding hydrogens is 356 g/mol. The number of benzene rings is 3. The van der Waals surface area contributed by atoms with E-state index in [0.717, 1.165) is 27.8 Å². The lowest BCUT2D eigenvalue weighted by Gasteiger charge is -2.35. The maximum absolute atomic E-state index is 9.88. The third kappa shape index (κ3) is 4.02. The topological polar surface area (TPSA) is 40.5 Å². The van der Waals surface area contributed by atoms with Crippen molar-refractivity contribution in [3.63, 3.8) is 0 Å². The van der Waals surface area contributed by atoms with Gasteiger partial charge in [-0.3, -0.25) is 0 Å². The Labute approximate surface area is 172 Å². The van der Waals surface area contributed by atoms with Gasteiger partial charge in [0.25, 0.3) is 0 Å². The van der Waals surface area contributed by atoms with Crippen LogP contribution in [0.2, 0.25) is 0 Å². The number of rotatable bonds is 6. The van der Waals surface area contributed by atoms with Crippen LogP contribution in [0.5, 0.6) is 5.75 Å². The van der Waals surface area contributed by atoms with Crippen LogP contribution in [0.1, 0.15) is 27.8 Å². The van der Waals surface area contributed by atoms with Gasteiger partial charge in [-0.1, -0.05) is 79.4 Å². The van der Waals surface area contributed by atoms with E-state index >= 15 is 0 Å². The molecule has 3 rings (SSSR count). The molecule has 0 radical (unpaired) electrons. The quantitative estimate of drug-likeness (QED) is 0.289. The molecule has 0 aromatic heterocycles. The van der Waals surface area contributed by atoms with Gasteiger partial charge in [0.2, 0.25) is 0 Å². The number of aliphatic hydroxyl groups is 1. The molecule has 146 valence electrons. The smallest absolute Gasteiger partial charge is 0.115 e. The Bertz CT molecular complexity index is 1010. The van der Waals surface area contributed by atoms with Crippen LogP contribution in [0.3, 0.4) is 0 Å². The molecule has 0 saturated heterocycles. The van der Waals surface area contributed by atoms with Crippen molar-refractivity contribution in [3.05, 3.63) is 137 Å². The highest BCUT2D eigenvalue weighted by atomic mass is 16.3. The Morgan fingerprint density at radius 1 is 0.828 bits per heavy atom. The van der Waals surface area contributed by atoms with E-state index in [2.05, 4.69) is 50.8 Å². The van der Waals surface area contributed by atoms with Crippen molar-refractivity contribution >= 4 is 0 Å². The molecule has 0 aliphatic carbocycles. The van der Waals surface area contributed by atoms with E-state index in [1.165, 1.54) is 6.08 Å². The molecular formula is C27H26O2. The van der Waals surface area contributed by atoms with Crippen LogP contribution in [0.15, 0.2) is 109 Å². The van der Waals surface area contributed by atoms with Crippen LogP contribution in [-0.4, -0.2) is 10.2 Å². The first-order chi connectivity index (χ1) is 14.0. The molecule has 2 nitrogen and oxygen atoms in total. The van der Waals surface area contributed by atoms with Gasteiger partial charge < -0.3 is 10.2 Å². The summed E-state index contributed by atoms with van der Waals surface area (Å²) in [5.74, 6) is 0.334. The molecule has 29 heavy (non-hydrogen) atoms. The minimum absolute atomic E-state index is 0.107. The molecule has 0 spiro atoms. The Morgan fingerprint density at radius 2 is 1.34 bits per heavy atom. The second kappa shape index (κ2) is 8.66. The lowest BCUT2D eigenvalue weighted by atomic mass is 9.67. The van der Waals surface area contributed by atoms with Crippen LogP contribution < -0.4 is 0 Å². The Hall–Kier alpha value is -3.52. The van der Waals surface area contributed by atoms with E-state index in [1.54, 1.807) is 18.2 Å². The number of aromatic hydroxyl groups is 1. The second-order valence-electron chi connectivity index (χ2n) is 7.14. The molecule has 0 heterocycles.